The number of hydrogen-bond donors (Lipinski definition) is 0. The molecule has 3 aromatic rings. The van der Waals surface area contributed by atoms with Crippen LogP contribution in [0.4, 0.5) is 0 Å². The molecule has 0 N–H and O–H groups in total. The van der Waals surface area contributed by atoms with Gasteiger partial charge in [-0.1, -0.05) is 31.4 Å². The second-order valence-corrected chi connectivity index (χ2v) is 6.48. The first-order valence-electron chi connectivity index (χ1n) is 8.73. The molecule has 0 atom stereocenters. The van der Waals surface area contributed by atoms with Crippen molar-refractivity contribution in [2.75, 3.05) is 0 Å². The van der Waals surface area contributed by atoms with E-state index in [1.807, 2.05) is 35.2 Å². The molecule has 2 aromatic heterocycles. The Kier molecular flexibility index (Phi) is 4.41. The summed E-state index contributed by atoms with van der Waals surface area (Å²) in [6.07, 6.45) is 8.89. The number of rotatable bonds is 4. The van der Waals surface area contributed by atoms with E-state index in [2.05, 4.69) is 15.2 Å². The van der Waals surface area contributed by atoms with Crippen molar-refractivity contribution in [2.24, 2.45) is 0 Å². The van der Waals surface area contributed by atoms with E-state index in [-0.39, 0.29) is 17.8 Å². The number of para-hydroxylation sites is 1. The molecule has 0 bridgehead atoms. The summed E-state index contributed by atoms with van der Waals surface area (Å²) in [4.78, 5) is 19.5. The molecule has 0 spiro atoms. The predicted molar refractivity (Wildman–Crippen MR) is 92.8 cm³/mol. The number of carbonyl (C=O) groups is 1. The molecule has 0 aliphatic heterocycles. The van der Waals surface area contributed by atoms with Crippen LogP contribution in [0.2, 0.25) is 0 Å². The molecule has 4 rings (SSSR count). The minimum atomic E-state index is -0.161. The highest BCUT2D eigenvalue weighted by Crippen LogP contribution is 2.25. The summed E-state index contributed by atoms with van der Waals surface area (Å²) in [5.41, 5.74) is 2.36. The van der Waals surface area contributed by atoms with Gasteiger partial charge in [0.15, 0.2) is 0 Å². The lowest BCUT2D eigenvalue weighted by Gasteiger charge is -2.33. The maximum atomic E-state index is 13.1. The van der Waals surface area contributed by atoms with Crippen molar-refractivity contribution in [3.8, 4) is 0 Å². The minimum Gasteiger partial charge on any atom is -0.472 e. The molecular formula is C19H20N4O2. The lowest BCUT2D eigenvalue weighted by Crippen LogP contribution is -2.41. The van der Waals surface area contributed by atoms with Crippen LogP contribution in [-0.4, -0.2) is 32.0 Å². The summed E-state index contributed by atoms with van der Waals surface area (Å²) in [6, 6.07) is 9.56. The first-order valence-corrected chi connectivity index (χ1v) is 8.73. The maximum Gasteiger partial charge on any atom is 0.294 e. The van der Waals surface area contributed by atoms with Crippen molar-refractivity contribution in [3.05, 3.63) is 54.2 Å². The largest absolute Gasteiger partial charge is 0.472 e. The Bertz CT molecular complexity index is 857. The Morgan fingerprint density at radius 1 is 1.08 bits per heavy atom. The van der Waals surface area contributed by atoms with Gasteiger partial charge in [0.05, 0.1) is 18.0 Å². The molecule has 1 amide bonds. The first-order chi connectivity index (χ1) is 12.3. The average molecular weight is 336 g/mol. The van der Waals surface area contributed by atoms with Crippen LogP contribution < -0.4 is 0 Å². The predicted octanol–water partition coefficient (Wildman–Crippen LogP) is 3.59. The normalized spacial score (nSPS) is 15.4. The number of aromatic nitrogens is 3. The number of hydrogen-bond acceptors (Lipinski definition) is 5. The summed E-state index contributed by atoms with van der Waals surface area (Å²) in [5.74, 6) is -0.000813. The molecule has 1 fully saturated rings. The van der Waals surface area contributed by atoms with Crippen LogP contribution >= 0.6 is 0 Å². The monoisotopic (exact) mass is 336 g/mol. The van der Waals surface area contributed by atoms with Crippen molar-refractivity contribution in [1.82, 2.24) is 20.1 Å². The summed E-state index contributed by atoms with van der Waals surface area (Å²) in [5, 5.41) is 8.22. The third-order valence-corrected chi connectivity index (χ3v) is 4.76. The van der Waals surface area contributed by atoms with E-state index >= 15 is 0 Å². The van der Waals surface area contributed by atoms with Crippen LogP contribution in [-0.2, 0) is 6.54 Å². The minimum absolute atomic E-state index is 0.160. The van der Waals surface area contributed by atoms with Crippen molar-refractivity contribution in [3.63, 3.8) is 0 Å². The van der Waals surface area contributed by atoms with Crippen LogP contribution in [0.5, 0.6) is 0 Å². The third-order valence-electron chi connectivity index (χ3n) is 4.76. The van der Waals surface area contributed by atoms with Gasteiger partial charge in [-0.3, -0.25) is 4.79 Å². The van der Waals surface area contributed by atoms with Gasteiger partial charge in [0, 0.05) is 18.2 Å². The van der Waals surface area contributed by atoms with Gasteiger partial charge in [0.1, 0.15) is 5.52 Å². The van der Waals surface area contributed by atoms with Gasteiger partial charge in [-0.25, -0.2) is 4.98 Å². The number of nitrogens with zero attached hydrogens (tertiary/aromatic N) is 4. The van der Waals surface area contributed by atoms with E-state index in [0.717, 1.165) is 31.2 Å². The fraction of sp³-hybridized carbons (Fsp3) is 0.368. The molecule has 0 saturated heterocycles. The Morgan fingerprint density at radius 2 is 1.88 bits per heavy atom. The zero-order valence-corrected chi connectivity index (χ0v) is 14.0. The Morgan fingerprint density at radius 3 is 2.64 bits per heavy atom. The van der Waals surface area contributed by atoms with Gasteiger partial charge in [-0.2, -0.15) is 0 Å². The molecule has 1 saturated carbocycles. The fourth-order valence-electron chi connectivity index (χ4n) is 3.44. The standard InChI is InChI=1S/C19H20N4O2/c24-19(18-20-16-8-4-5-9-17(16)21-22-18)23(12-14-10-11-25-13-14)15-6-2-1-3-7-15/h4-5,8-11,13,15H,1-3,6-7,12H2. The fourth-order valence-corrected chi connectivity index (χ4v) is 3.44. The molecule has 2 heterocycles. The van der Waals surface area contributed by atoms with Gasteiger partial charge in [0.2, 0.25) is 5.82 Å². The van der Waals surface area contributed by atoms with Gasteiger partial charge >= 0.3 is 0 Å². The smallest absolute Gasteiger partial charge is 0.294 e. The Hall–Kier alpha value is -2.76. The van der Waals surface area contributed by atoms with Gasteiger partial charge < -0.3 is 9.32 Å². The van der Waals surface area contributed by atoms with E-state index in [0.29, 0.717) is 17.6 Å². The van der Waals surface area contributed by atoms with Crippen molar-refractivity contribution in [1.29, 1.82) is 0 Å². The summed E-state index contributed by atoms with van der Waals surface area (Å²) in [6.45, 7) is 0.510. The quantitative estimate of drug-likeness (QED) is 0.728. The SMILES string of the molecule is O=C(c1nnc2ccccc2n1)N(Cc1ccoc1)C1CCCCC1. The lowest BCUT2D eigenvalue weighted by atomic mass is 9.94. The highest BCUT2D eigenvalue weighted by atomic mass is 16.3. The van der Waals surface area contributed by atoms with Crippen LogP contribution in [0.3, 0.4) is 0 Å². The number of benzene rings is 1. The number of furan rings is 1. The molecule has 128 valence electrons. The number of carbonyl (C=O) groups excluding carboxylic acids is 1. The summed E-state index contributed by atoms with van der Waals surface area (Å²) in [7, 11) is 0. The number of amides is 1. The molecule has 0 unspecified atom stereocenters. The highest BCUT2D eigenvalue weighted by Gasteiger charge is 2.28. The molecule has 1 aromatic carbocycles. The number of fused-ring (bicyclic) bond motifs is 1. The van der Waals surface area contributed by atoms with E-state index in [9.17, 15) is 4.79 Å². The lowest BCUT2D eigenvalue weighted by molar-refractivity contribution is 0.0600. The zero-order valence-electron chi connectivity index (χ0n) is 14.0. The molecule has 6 nitrogen and oxygen atoms in total. The topological polar surface area (TPSA) is 72.1 Å². The van der Waals surface area contributed by atoms with Crippen molar-refractivity contribution in [2.45, 2.75) is 44.7 Å². The highest BCUT2D eigenvalue weighted by molar-refractivity contribution is 5.92. The van der Waals surface area contributed by atoms with E-state index < -0.39 is 0 Å². The van der Waals surface area contributed by atoms with Gasteiger partial charge in [0.25, 0.3) is 5.91 Å². The Balaban J connectivity index is 1.65. The van der Waals surface area contributed by atoms with Crippen molar-refractivity contribution >= 4 is 16.9 Å². The molecule has 6 heteroatoms. The van der Waals surface area contributed by atoms with E-state index in [4.69, 9.17) is 4.42 Å². The Labute approximate surface area is 145 Å². The van der Waals surface area contributed by atoms with Crippen LogP contribution in [0.25, 0.3) is 11.0 Å². The second kappa shape index (κ2) is 7.01. The molecular weight excluding hydrogens is 316 g/mol. The molecule has 25 heavy (non-hydrogen) atoms. The van der Waals surface area contributed by atoms with Crippen LogP contribution in [0, 0.1) is 0 Å². The molecule has 1 aliphatic carbocycles. The third kappa shape index (κ3) is 3.38. The summed E-state index contributed by atoms with van der Waals surface area (Å²) >= 11 is 0. The zero-order chi connectivity index (χ0) is 17.1. The maximum absolute atomic E-state index is 13.1. The average Bonchev–Trinajstić information content (AvgIpc) is 3.19. The van der Waals surface area contributed by atoms with Crippen LogP contribution in [0.1, 0.15) is 48.3 Å². The van der Waals surface area contributed by atoms with Gasteiger partial charge in [-0.15, -0.1) is 10.2 Å². The van der Waals surface area contributed by atoms with Crippen LogP contribution in [0.15, 0.2) is 47.3 Å². The van der Waals surface area contributed by atoms with E-state index in [1.165, 1.54) is 6.42 Å². The second-order valence-electron chi connectivity index (χ2n) is 6.48. The molecule has 1 aliphatic rings. The van der Waals surface area contributed by atoms with E-state index in [1.54, 1.807) is 12.5 Å². The summed E-state index contributed by atoms with van der Waals surface area (Å²) < 4.78 is 5.16. The van der Waals surface area contributed by atoms with Crippen molar-refractivity contribution < 1.29 is 9.21 Å². The molecule has 0 radical (unpaired) electrons. The first kappa shape index (κ1) is 15.7. The van der Waals surface area contributed by atoms with Gasteiger partial charge in [-0.05, 0) is 31.0 Å².